The second kappa shape index (κ2) is 6.83. The van der Waals surface area contributed by atoms with Gasteiger partial charge in [0.2, 0.25) is 0 Å². The van der Waals surface area contributed by atoms with E-state index in [-0.39, 0.29) is 19.3 Å². The van der Waals surface area contributed by atoms with Crippen LogP contribution in [0.5, 0.6) is 5.75 Å². The van der Waals surface area contributed by atoms with E-state index in [1.54, 1.807) is 0 Å². The molecular formula is C12H18BrNO3. The molecule has 1 aromatic rings. The summed E-state index contributed by atoms with van der Waals surface area (Å²) in [4.78, 5) is 0. The summed E-state index contributed by atoms with van der Waals surface area (Å²) in [5, 5.41) is 21.1. The van der Waals surface area contributed by atoms with Crippen molar-refractivity contribution in [3.05, 3.63) is 22.7 Å². The maximum atomic E-state index is 9.28. The molecule has 0 saturated carbocycles. The van der Waals surface area contributed by atoms with Crippen LogP contribution < -0.4 is 10.1 Å². The fourth-order valence-electron chi connectivity index (χ4n) is 1.29. The average Bonchev–Trinajstić information content (AvgIpc) is 2.26. The van der Waals surface area contributed by atoms with Gasteiger partial charge in [0, 0.05) is 11.0 Å². The van der Waals surface area contributed by atoms with E-state index in [9.17, 15) is 5.11 Å². The first-order valence-corrected chi connectivity index (χ1v) is 6.31. The highest BCUT2D eigenvalue weighted by atomic mass is 79.9. The predicted molar refractivity (Wildman–Crippen MR) is 71.5 cm³/mol. The molecule has 0 aliphatic carbocycles. The van der Waals surface area contributed by atoms with Crippen molar-refractivity contribution in [1.82, 2.24) is 0 Å². The third-order valence-electron chi connectivity index (χ3n) is 2.05. The number of nitrogens with one attached hydrogen (secondary N) is 1. The van der Waals surface area contributed by atoms with Gasteiger partial charge in [-0.05, 0) is 32.0 Å². The molecule has 3 N–H and O–H groups in total. The van der Waals surface area contributed by atoms with Crippen LogP contribution in [-0.4, -0.2) is 35.6 Å². The smallest absolute Gasteiger partial charge is 0.143 e. The van der Waals surface area contributed by atoms with Gasteiger partial charge in [0.1, 0.15) is 5.75 Å². The van der Waals surface area contributed by atoms with Gasteiger partial charge in [-0.1, -0.05) is 15.9 Å². The van der Waals surface area contributed by atoms with Crippen LogP contribution in [-0.2, 0) is 0 Å². The van der Waals surface area contributed by atoms with E-state index in [1.165, 1.54) is 0 Å². The lowest BCUT2D eigenvalue weighted by molar-refractivity contribution is 0.105. The van der Waals surface area contributed by atoms with E-state index >= 15 is 0 Å². The second-order valence-electron chi connectivity index (χ2n) is 4.02. The Labute approximate surface area is 110 Å². The summed E-state index contributed by atoms with van der Waals surface area (Å²) >= 11 is 3.38. The van der Waals surface area contributed by atoms with Crippen LogP contribution in [0.4, 0.5) is 5.69 Å². The molecule has 0 heterocycles. The number of anilines is 1. The maximum Gasteiger partial charge on any atom is 0.143 e. The molecule has 0 radical (unpaired) electrons. The summed E-state index contributed by atoms with van der Waals surface area (Å²) in [7, 11) is 0. The van der Waals surface area contributed by atoms with E-state index in [0.717, 1.165) is 15.9 Å². The zero-order chi connectivity index (χ0) is 12.8. The topological polar surface area (TPSA) is 61.7 Å². The number of aliphatic hydroxyl groups is 2. The van der Waals surface area contributed by atoms with Crippen molar-refractivity contribution >= 4 is 21.6 Å². The molecule has 0 spiro atoms. The zero-order valence-corrected chi connectivity index (χ0v) is 11.6. The van der Waals surface area contributed by atoms with Gasteiger partial charge in [-0.2, -0.15) is 0 Å². The van der Waals surface area contributed by atoms with Crippen LogP contribution in [0.1, 0.15) is 13.8 Å². The van der Waals surface area contributed by atoms with Crippen molar-refractivity contribution in [2.75, 3.05) is 18.5 Å². The van der Waals surface area contributed by atoms with E-state index < -0.39 is 6.10 Å². The van der Waals surface area contributed by atoms with Crippen molar-refractivity contribution in [3.8, 4) is 5.75 Å². The predicted octanol–water partition coefficient (Wildman–Crippen LogP) is 2.00. The molecule has 1 aromatic carbocycles. The highest BCUT2D eigenvalue weighted by Gasteiger charge is 2.08. The number of benzene rings is 1. The van der Waals surface area contributed by atoms with Gasteiger partial charge in [0.05, 0.1) is 24.5 Å². The minimum Gasteiger partial charge on any atom is -0.489 e. The molecule has 0 fully saturated rings. The normalized spacial score (nSPS) is 12.6. The van der Waals surface area contributed by atoms with E-state index in [0.29, 0.717) is 0 Å². The first kappa shape index (κ1) is 14.3. The molecule has 0 amide bonds. The Morgan fingerprint density at radius 3 is 2.71 bits per heavy atom. The van der Waals surface area contributed by atoms with Gasteiger partial charge in [-0.25, -0.2) is 0 Å². The molecule has 0 aliphatic rings. The van der Waals surface area contributed by atoms with Crippen molar-refractivity contribution in [2.45, 2.75) is 26.1 Å². The first-order valence-electron chi connectivity index (χ1n) is 5.52. The third-order valence-corrected chi connectivity index (χ3v) is 2.54. The average molecular weight is 304 g/mol. The largest absolute Gasteiger partial charge is 0.489 e. The zero-order valence-electron chi connectivity index (χ0n) is 9.98. The monoisotopic (exact) mass is 303 g/mol. The van der Waals surface area contributed by atoms with Gasteiger partial charge in [0.25, 0.3) is 0 Å². The lowest BCUT2D eigenvalue weighted by atomic mass is 10.2. The standard InChI is InChI=1S/C12H18BrNO3/c1-8(2)17-12-5-9(13)3-4-11(12)14-6-10(16)7-15/h3-5,8,10,14-16H,6-7H2,1-2H3. The molecular weight excluding hydrogens is 286 g/mol. The van der Waals surface area contributed by atoms with Crippen LogP contribution in [0, 0.1) is 0 Å². The summed E-state index contributed by atoms with van der Waals surface area (Å²) in [5.41, 5.74) is 0.800. The number of ether oxygens (including phenoxy) is 1. The number of aliphatic hydroxyl groups excluding tert-OH is 2. The Kier molecular flexibility index (Phi) is 5.74. The Bertz CT molecular complexity index is 358. The number of hydrogen-bond acceptors (Lipinski definition) is 4. The maximum absolute atomic E-state index is 9.28. The lowest BCUT2D eigenvalue weighted by Gasteiger charge is -2.17. The van der Waals surface area contributed by atoms with Crippen LogP contribution in [0.3, 0.4) is 0 Å². The Hall–Kier alpha value is -0.780. The van der Waals surface area contributed by atoms with Gasteiger partial charge < -0.3 is 20.3 Å². The summed E-state index contributed by atoms with van der Waals surface area (Å²) in [6, 6.07) is 5.63. The third kappa shape index (κ3) is 4.93. The van der Waals surface area contributed by atoms with Gasteiger partial charge >= 0.3 is 0 Å². The molecule has 0 aliphatic heterocycles. The number of rotatable bonds is 6. The van der Waals surface area contributed by atoms with Crippen molar-refractivity contribution in [1.29, 1.82) is 0 Å². The highest BCUT2D eigenvalue weighted by Crippen LogP contribution is 2.29. The van der Waals surface area contributed by atoms with Crippen LogP contribution in [0.15, 0.2) is 22.7 Å². The minimum absolute atomic E-state index is 0.0765. The molecule has 1 unspecified atom stereocenters. The Morgan fingerprint density at radius 1 is 1.41 bits per heavy atom. The number of halogens is 1. The SMILES string of the molecule is CC(C)Oc1cc(Br)ccc1NCC(O)CO. The summed E-state index contributed by atoms with van der Waals surface area (Å²) in [5.74, 6) is 0.722. The Balaban J connectivity index is 2.75. The fourth-order valence-corrected chi connectivity index (χ4v) is 1.63. The van der Waals surface area contributed by atoms with E-state index in [2.05, 4.69) is 21.2 Å². The number of hydrogen-bond donors (Lipinski definition) is 3. The molecule has 0 bridgehead atoms. The first-order chi connectivity index (χ1) is 8.02. The quantitative estimate of drug-likeness (QED) is 0.752. The van der Waals surface area contributed by atoms with Gasteiger partial charge in [0.15, 0.2) is 0 Å². The van der Waals surface area contributed by atoms with E-state index in [1.807, 2.05) is 32.0 Å². The van der Waals surface area contributed by atoms with E-state index in [4.69, 9.17) is 9.84 Å². The molecule has 17 heavy (non-hydrogen) atoms. The highest BCUT2D eigenvalue weighted by molar-refractivity contribution is 9.10. The second-order valence-corrected chi connectivity index (χ2v) is 4.94. The van der Waals surface area contributed by atoms with Crippen molar-refractivity contribution < 1.29 is 14.9 Å². The molecule has 5 heteroatoms. The molecule has 4 nitrogen and oxygen atoms in total. The van der Waals surface area contributed by atoms with Gasteiger partial charge in [-0.15, -0.1) is 0 Å². The molecule has 1 atom stereocenters. The van der Waals surface area contributed by atoms with Crippen LogP contribution >= 0.6 is 15.9 Å². The Morgan fingerprint density at radius 2 is 2.12 bits per heavy atom. The van der Waals surface area contributed by atoms with Crippen molar-refractivity contribution in [2.24, 2.45) is 0 Å². The summed E-state index contributed by atoms with van der Waals surface area (Å²) < 4.78 is 6.59. The lowest BCUT2D eigenvalue weighted by Crippen LogP contribution is -2.23. The van der Waals surface area contributed by atoms with Gasteiger partial charge in [-0.3, -0.25) is 0 Å². The molecule has 0 aromatic heterocycles. The molecule has 1 rings (SSSR count). The molecule has 96 valence electrons. The minimum atomic E-state index is -0.773. The fraction of sp³-hybridized carbons (Fsp3) is 0.500. The molecule has 0 saturated heterocycles. The summed E-state index contributed by atoms with van der Waals surface area (Å²) in [6.07, 6.45) is -0.696. The van der Waals surface area contributed by atoms with Crippen LogP contribution in [0.2, 0.25) is 0 Å². The summed E-state index contributed by atoms with van der Waals surface area (Å²) in [6.45, 7) is 3.93. The van der Waals surface area contributed by atoms with Crippen molar-refractivity contribution in [3.63, 3.8) is 0 Å². The van der Waals surface area contributed by atoms with Crippen LogP contribution in [0.25, 0.3) is 0 Å².